The minimum atomic E-state index is -1.48. The fraction of sp³-hybridized carbons (Fsp3) is 0.421. The highest BCUT2D eigenvalue weighted by molar-refractivity contribution is 5.90. The third-order valence-electron chi connectivity index (χ3n) is 4.14. The van der Waals surface area contributed by atoms with Crippen LogP contribution in [0.25, 0.3) is 0 Å². The molecule has 1 rings (SSSR count). The molecule has 0 spiro atoms. The van der Waals surface area contributed by atoms with Gasteiger partial charge in [0.25, 0.3) is 0 Å². The molecule has 0 aliphatic rings. The van der Waals surface area contributed by atoms with Crippen molar-refractivity contribution in [3.63, 3.8) is 0 Å². The standard InChI is InChI=1S/C19H26N4O8/c20-9-1-2-15(24)21-12-5-3-11(4-6-12)10-14(18(29)30)23-19(31)22-13(17(27)28)7-8-16(25)26/h3-6,13-14H,1-2,7-10,20H2,(H,21,24)(H,25,26)(H,27,28)(H,29,30)(H2,22,23,31)/t13-,14-/m0/s1. The van der Waals surface area contributed by atoms with E-state index >= 15 is 0 Å². The first-order valence-electron chi connectivity index (χ1n) is 9.45. The molecule has 0 fully saturated rings. The van der Waals surface area contributed by atoms with Gasteiger partial charge in [-0.1, -0.05) is 12.1 Å². The molecule has 0 aromatic heterocycles. The van der Waals surface area contributed by atoms with Crippen LogP contribution >= 0.6 is 0 Å². The highest BCUT2D eigenvalue weighted by Gasteiger charge is 2.25. The molecule has 1 aromatic carbocycles. The molecule has 170 valence electrons. The van der Waals surface area contributed by atoms with E-state index in [-0.39, 0.29) is 25.2 Å². The highest BCUT2D eigenvalue weighted by Crippen LogP contribution is 2.12. The number of carboxylic acid groups (broad SMARTS) is 3. The van der Waals surface area contributed by atoms with Crippen molar-refractivity contribution in [3.8, 4) is 0 Å². The van der Waals surface area contributed by atoms with Crippen LogP contribution in [0.5, 0.6) is 0 Å². The van der Waals surface area contributed by atoms with Gasteiger partial charge in [0, 0.05) is 24.9 Å². The second-order valence-electron chi connectivity index (χ2n) is 6.67. The number of carbonyl (C=O) groups is 5. The molecule has 0 heterocycles. The monoisotopic (exact) mass is 438 g/mol. The number of nitrogens with one attached hydrogen (secondary N) is 3. The van der Waals surface area contributed by atoms with Gasteiger partial charge in [-0.25, -0.2) is 14.4 Å². The molecule has 1 aromatic rings. The predicted molar refractivity (Wildman–Crippen MR) is 108 cm³/mol. The summed E-state index contributed by atoms with van der Waals surface area (Å²) in [5, 5.41) is 34.0. The molecule has 0 saturated heterocycles. The molecule has 0 aliphatic heterocycles. The summed E-state index contributed by atoms with van der Waals surface area (Å²) in [5.74, 6) is -4.20. The summed E-state index contributed by atoms with van der Waals surface area (Å²) < 4.78 is 0. The maximum Gasteiger partial charge on any atom is 0.326 e. The molecular formula is C19H26N4O8. The number of anilines is 1. The van der Waals surface area contributed by atoms with Gasteiger partial charge in [-0.2, -0.15) is 0 Å². The molecule has 12 nitrogen and oxygen atoms in total. The van der Waals surface area contributed by atoms with Gasteiger partial charge >= 0.3 is 23.9 Å². The molecule has 31 heavy (non-hydrogen) atoms. The van der Waals surface area contributed by atoms with Crippen LogP contribution in [0.1, 0.15) is 31.2 Å². The number of aliphatic carboxylic acids is 3. The number of amides is 3. The van der Waals surface area contributed by atoms with Crippen molar-refractivity contribution in [2.45, 2.75) is 44.2 Å². The fourth-order valence-corrected chi connectivity index (χ4v) is 2.53. The summed E-state index contributed by atoms with van der Waals surface area (Å²) in [6.07, 6.45) is -0.0980. The van der Waals surface area contributed by atoms with E-state index in [2.05, 4.69) is 16.0 Å². The van der Waals surface area contributed by atoms with E-state index in [1.54, 1.807) is 24.3 Å². The molecule has 3 amide bonds. The molecule has 0 saturated carbocycles. The molecule has 12 heteroatoms. The summed E-state index contributed by atoms with van der Waals surface area (Å²) in [6, 6.07) is 2.45. The van der Waals surface area contributed by atoms with Crippen LogP contribution in [-0.2, 0) is 25.6 Å². The number of nitrogens with two attached hydrogens (primary N) is 1. The Balaban J connectivity index is 2.68. The van der Waals surface area contributed by atoms with Crippen LogP contribution in [0.15, 0.2) is 24.3 Å². The minimum Gasteiger partial charge on any atom is -0.481 e. The zero-order valence-electron chi connectivity index (χ0n) is 16.7. The SMILES string of the molecule is NCCCC(=O)Nc1ccc(C[C@H](NC(=O)N[C@@H](CCC(=O)O)C(=O)O)C(=O)O)cc1. The molecule has 0 radical (unpaired) electrons. The highest BCUT2D eigenvalue weighted by atomic mass is 16.4. The summed E-state index contributed by atoms with van der Waals surface area (Å²) >= 11 is 0. The normalized spacial score (nSPS) is 12.3. The second-order valence-corrected chi connectivity index (χ2v) is 6.67. The number of hydrogen-bond donors (Lipinski definition) is 7. The van der Waals surface area contributed by atoms with E-state index in [0.717, 1.165) is 0 Å². The molecule has 0 aliphatic carbocycles. The van der Waals surface area contributed by atoms with Gasteiger partial charge in [-0.05, 0) is 37.1 Å². The summed E-state index contributed by atoms with van der Waals surface area (Å²) in [4.78, 5) is 56.9. The van der Waals surface area contributed by atoms with E-state index in [9.17, 15) is 29.1 Å². The van der Waals surface area contributed by atoms with Gasteiger partial charge in [0.1, 0.15) is 12.1 Å². The van der Waals surface area contributed by atoms with E-state index in [4.69, 9.17) is 15.9 Å². The topological polar surface area (TPSA) is 208 Å². The van der Waals surface area contributed by atoms with E-state index in [1.807, 2.05) is 0 Å². The first-order valence-corrected chi connectivity index (χ1v) is 9.45. The van der Waals surface area contributed by atoms with Crippen molar-refractivity contribution >= 4 is 35.5 Å². The zero-order chi connectivity index (χ0) is 23.4. The number of urea groups is 1. The number of hydrogen-bond acceptors (Lipinski definition) is 6. The molecule has 0 bridgehead atoms. The number of carbonyl (C=O) groups excluding carboxylic acids is 2. The van der Waals surface area contributed by atoms with Crippen LogP contribution < -0.4 is 21.7 Å². The maximum absolute atomic E-state index is 12.0. The van der Waals surface area contributed by atoms with Gasteiger partial charge in [0.05, 0.1) is 0 Å². The molecule has 2 atom stereocenters. The Hall–Kier alpha value is -3.67. The average Bonchev–Trinajstić information content (AvgIpc) is 2.69. The lowest BCUT2D eigenvalue weighted by Crippen LogP contribution is -2.51. The summed E-state index contributed by atoms with van der Waals surface area (Å²) in [7, 11) is 0. The van der Waals surface area contributed by atoms with Crippen LogP contribution in [-0.4, -0.2) is 63.8 Å². The molecule has 8 N–H and O–H groups in total. The second kappa shape index (κ2) is 12.8. The minimum absolute atomic E-state index is 0.100. The van der Waals surface area contributed by atoms with Crippen molar-refractivity contribution in [1.29, 1.82) is 0 Å². The average molecular weight is 438 g/mol. The maximum atomic E-state index is 12.0. The lowest BCUT2D eigenvalue weighted by molar-refractivity contribution is -0.140. The Morgan fingerprint density at radius 3 is 1.97 bits per heavy atom. The quantitative estimate of drug-likeness (QED) is 0.220. The predicted octanol–water partition coefficient (Wildman–Crippen LogP) is -0.0231. The Morgan fingerprint density at radius 2 is 1.45 bits per heavy atom. The van der Waals surface area contributed by atoms with Crippen LogP contribution in [0.3, 0.4) is 0 Å². The van der Waals surface area contributed by atoms with Gasteiger partial charge in [0.2, 0.25) is 5.91 Å². The summed E-state index contributed by atoms with van der Waals surface area (Å²) in [5.41, 5.74) is 6.42. The zero-order valence-corrected chi connectivity index (χ0v) is 16.7. The number of benzene rings is 1. The van der Waals surface area contributed by atoms with Crippen molar-refractivity contribution in [2.24, 2.45) is 5.73 Å². The van der Waals surface area contributed by atoms with Gasteiger partial charge < -0.3 is 37.0 Å². The van der Waals surface area contributed by atoms with Crippen LogP contribution in [0, 0.1) is 0 Å². The van der Waals surface area contributed by atoms with Crippen molar-refractivity contribution in [2.75, 3.05) is 11.9 Å². The first-order chi connectivity index (χ1) is 14.6. The van der Waals surface area contributed by atoms with E-state index in [1.165, 1.54) is 0 Å². The van der Waals surface area contributed by atoms with Gasteiger partial charge in [-0.15, -0.1) is 0 Å². The lowest BCUT2D eigenvalue weighted by Gasteiger charge is -2.18. The van der Waals surface area contributed by atoms with Crippen molar-refractivity contribution in [3.05, 3.63) is 29.8 Å². The number of carboxylic acids is 3. The van der Waals surface area contributed by atoms with E-state index in [0.29, 0.717) is 24.2 Å². The van der Waals surface area contributed by atoms with Gasteiger partial charge in [-0.3, -0.25) is 9.59 Å². The van der Waals surface area contributed by atoms with Crippen LogP contribution in [0.2, 0.25) is 0 Å². The van der Waals surface area contributed by atoms with Crippen molar-refractivity contribution in [1.82, 2.24) is 10.6 Å². The lowest BCUT2D eigenvalue weighted by atomic mass is 10.1. The molecule has 0 unspecified atom stereocenters. The largest absolute Gasteiger partial charge is 0.481 e. The number of rotatable bonds is 13. The van der Waals surface area contributed by atoms with Gasteiger partial charge in [0.15, 0.2) is 0 Å². The Labute approximate surface area is 177 Å². The Bertz CT molecular complexity index is 797. The first kappa shape index (κ1) is 25.4. The van der Waals surface area contributed by atoms with E-state index < -0.39 is 42.4 Å². The Kier molecular flexibility index (Phi) is 10.5. The fourth-order valence-electron chi connectivity index (χ4n) is 2.53. The summed E-state index contributed by atoms with van der Waals surface area (Å²) in [6.45, 7) is 0.399. The third kappa shape index (κ3) is 10.1. The Morgan fingerprint density at radius 1 is 0.871 bits per heavy atom. The van der Waals surface area contributed by atoms with Crippen molar-refractivity contribution < 1.29 is 39.3 Å². The van der Waals surface area contributed by atoms with Crippen LogP contribution in [0.4, 0.5) is 10.5 Å². The smallest absolute Gasteiger partial charge is 0.326 e. The third-order valence-corrected chi connectivity index (χ3v) is 4.14. The molecular weight excluding hydrogens is 412 g/mol.